The molecule has 0 bridgehead atoms. The van der Waals surface area contributed by atoms with Crippen LogP contribution in [0, 0.1) is 10.1 Å². The number of fused-ring (bicyclic) bond motifs is 1. The topological polar surface area (TPSA) is 194 Å². The number of piperazine rings is 1. The van der Waals surface area contributed by atoms with Crippen molar-refractivity contribution in [3.63, 3.8) is 0 Å². The Balaban J connectivity index is 1.43. The number of carboxylic acids is 1. The van der Waals surface area contributed by atoms with Crippen molar-refractivity contribution in [1.29, 1.82) is 0 Å². The van der Waals surface area contributed by atoms with Gasteiger partial charge in [0.05, 0.1) is 39.0 Å². The smallest absolute Gasteiger partial charge is 0.341 e. The third-order valence-corrected chi connectivity index (χ3v) is 7.80. The van der Waals surface area contributed by atoms with Crippen molar-refractivity contribution < 1.29 is 23.2 Å². The van der Waals surface area contributed by atoms with E-state index >= 15 is 0 Å². The molecule has 1 saturated heterocycles. The normalized spacial score (nSPS) is 18.2. The predicted octanol–water partition coefficient (Wildman–Crippen LogP) is 2.80. The number of aromatic carboxylic acids is 1. The number of carboxylic acid groups (broad SMARTS) is 1. The molecule has 204 valence electrons. The summed E-state index contributed by atoms with van der Waals surface area (Å²) in [5.74, 6) is -1.37. The lowest BCUT2D eigenvalue weighted by molar-refractivity contribution is -0.384. The van der Waals surface area contributed by atoms with Crippen LogP contribution in [0.5, 0.6) is 0 Å². The molecule has 39 heavy (non-hydrogen) atoms. The number of hydrogen-bond acceptors (Lipinski definition) is 9. The first-order valence-electron chi connectivity index (χ1n) is 12.1. The van der Waals surface area contributed by atoms with Gasteiger partial charge in [-0.05, 0) is 50.1 Å². The van der Waals surface area contributed by atoms with Gasteiger partial charge in [0.1, 0.15) is 11.3 Å². The summed E-state index contributed by atoms with van der Waals surface area (Å²) < 4.78 is 24.6. The van der Waals surface area contributed by atoms with Crippen molar-refractivity contribution in [3.8, 4) is 0 Å². The Kier molecular flexibility index (Phi) is 6.56. The van der Waals surface area contributed by atoms with E-state index in [-0.39, 0.29) is 28.1 Å². The van der Waals surface area contributed by atoms with Gasteiger partial charge in [-0.1, -0.05) is 5.22 Å². The molecular weight excluding hydrogens is 530 g/mol. The van der Waals surface area contributed by atoms with E-state index in [0.29, 0.717) is 36.5 Å². The van der Waals surface area contributed by atoms with Gasteiger partial charge in [0.15, 0.2) is 0 Å². The summed E-state index contributed by atoms with van der Waals surface area (Å²) in [5.41, 5.74) is -0.206. The Morgan fingerprint density at radius 3 is 2.44 bits per heavy atom. The summed E-state index contributed by atoms with van der Waals surface area (Å²) in [6, 6.07) is 8.28. The van der Waals surface area contributed by atoms with Gasteiger partial charge in [-0.2, -0.15) is 0 Å². The zero-order chi connectivity index (χ0) is 28.1. The minimum atomic E-state index is -3.81. The number of anilines is 1. The maximum Gasteiger partial charge on any atom is 0.341 e. The average molecular weight is 556 g/mol. The number of nitrogens with two attached hydrogens (primary N) is 1. The highest BCUT2D eigenvalue weighted by atomic mass is 32.2. The summed E-state index contributed by atoms with van der Waals surface area (Å²) in [6.45, 7) is 3.03. The summed E-state index contributed by atoms with van der Waals surface area (Å²) >= 11 is 0. The molecule has 2 fully saturated rings. The van der Waals surface area contributed by atoms with Gasteiger partial charge in [-0.3, -0.25) is 19.9 Å². The van der Waals surface area contributed by atoms with Gasteiger partial charge in [0.2, 0.25) is 15.5 Å². The molecule has 1 atom stereocenters. The predicted molar refractivity (Wildman–Crippen MR) is 141 cm³/mol. The number of hydrogen-bond donors (Lipinski definition) is 2. The monoisotopic (exact) mass is 555 g/mol. The average Bonchev–Trinajstić information content (AvgIpc) is 3.72. The van der Waals surface area contributed by atoms with E-state index in [0.717, 1.165) is 12.8 Å². The molecule has 2 aliphatic rings. The number of primary sulfonamides is 1. The Morgan fingerprint density at radius 1 is 1.18 bits per heavy atom. The summed E-state index contributed by atoms with van der Waals surface area (Å²) in [7, 11) is -3.81. The summed E-state index contributed by atoms with van der Waals surface area (Å²) in [5, 5.41) is 36.8. The molecule has 1 aliphatic heterocycles. The SMILES string of the molecule is C[C@@H]1CN(c2cc3c(cc2[N+](=O)[O-])c(=O)c(C(=O)O)cn3C2CC2)CCN1N=Nc1ccc(S(N)(=O)=O)cc1. The van der Waals surface area contributed by atoms with E-state index in [1.54, 1.807) is 15.6 Å². The standard InChI is InChI=1S/C24H25N7O7S/c1-14-12-28(8-9-30(14)27-26-15-2-6-17(7-3-15)39(25,37)38)21-11-20-18(10-22(21)31(35)36)23(32)19(24(33)34)13-29(20)16-4-5-16/h2-3,6-7,10-11,13-14,16H,4-5,8-9,12H2,1H3,(H,33,34)(H2,25,37,38)/t14-/m1/s1. The second kappa shape index (κ2) is 9.74. The number of pyridine rings is 1. The second-order valence-corrected chi connectivity index (χ2v) is 11.2. The number of nitro benzene ring substituents is 1. The lowest BCUT2D eigenvalue weighted by atomic mass is 10.1. The van der Waals surface area contributed by atoms with Crippen LogP contribution in [0.15, 0.2) is 62.6 Å². The second-order valence-electron chi connectivity index (χ2n) is 9.62. The van der Waals surface area contributed by atoms with Crippen LogP contribution in [0.4, 0.5) is 17.1 Å². The quantitative estimate of drug-likeness (QED) is 0.250. The molecule has 3 aromatic rings. The Labute approximate surface area is 222 Å². The number of nitrogens with zero attached hydrogens (tertiary/aromatic N) is 6. The minimum Gasteiger partial charge on any atom is -0.477 e. The van der Waals surface area contributed by atoms with E-state index in [1.807, 2.05) is 11.8 Å². The van der Waals surface area contributed by atoms with E-state index in [9.17, 15) is 33.2 Å². The van der Waals surface area contributed by atoms with E-state index in [1.165, 1.54) is 36.5 Å². The number of nitro groups is 1. The van der Waals surface area contributed by atoms with Crippen LogP contribution in [0.1, 0.15) is 36.2 Å². The molecule has 0 radical (unpaired) electrons. The zero-order valence-corrected chi connectivity index (χ0v) is 21.6. The third kappa shape index (κ3) is 5.18. The molecule has 1 saturated carbocycles. The van der Waals surface area contributed by atoms with Crippen molar-refractivity contribution in [1.82, 2.24) is 9.58 Å². The Morgan fingerprint density at radius 2 is 1.87 bits per heavy atom. The Hall–Kier alpha value is -4.37. The fourth-order valence-corrected chi connectivity index (χ4v) is 5.21. The largest absolute Gasteiger partial charge is 0.477 e. The first-order valence-corrected chi connectivity index (χ1v) is 13.7. The number of sulfonamides is 1. The molecule has 0 spiro atoms. The highest BCUT2D eigenvalue weighted by Crippen LogP contribution is 2.40. The van der Waals surface area contributed by atoms with Gasteiger partial charge >= 0.3 is 5.97 Å². The molecule has 3 N–H and O–H groups in total. The van der Waals surface area contributed by atoms with Gasteiger partial charge < -0.3 is 14.6 Å². The summed E-state index contributed by atoms with van der Waals surface area (Å²) in [6.07, 6.45) is 2.99. The molecule has 2 aromatic carbocycles. The Bertz CT molecular complexity index is 1680. The van der Waals surface area contributed by atoms with Crippen LogP contribution in [0.2, 0.25) is 0 Å². The number of benzene rings is 2. The first kappa shape index (κ1) is 26.2. The molecule has 1 aliphatic carbocycles. The molecule has 1 aromatic heterocycles. The van der Waals surface area contributed by atoms with Gasteiger partial charge in [0, 0.05) is 31.4 Å². The maximum atomic E-state index is 12.9. The van der Waals surface area contributed by atoms with Crippen molar-refractivity contribution in [2.45, 2.75) is 36.7 Å². The van der Waals surface area contributed by atoms with Crippen molar-refractivity contribution >= 4 is 44.0 Å². The van der Waals surface area contributed by atoms with E-state index < -0.39 is 31.9 Å². The van der Waals surface area contributed by atoms with Gasteiger partial charge in [-0.15, -0.1) is 5.11 Å². The van der Waals surface area contributed by atoms with Crippen LogP contribution >= 0.6 is 0 Å². The maximum absolute atomic E-state index is 12.9. The minimum absolute atomic E-state index is 0.00573. The first-order chi connectivity index (χ1) is 18.4. The van der Waals surface area contributed by atoms with Crippen LogP contribution in [0.3, 0.4) is 0 Å². The van der Waals surface area contributed by atoms with E-state index in [2.05, 4.69) is 10.3 Å². The molecule has 14 nitrogen and oxygen atoms in total. The zero-order valence-electron chi connectivity index (χ0n) is 20.8. The third-order valence-electron chi connectivity index (χ3n) is 6.87. The highest BCUT2D eigenvalue weighted by Gasteiger charge is 2.32. The van der Waals surface area contributed by atoms with Gasteiger partial charge in [0.25, 0.3) is 5.69 Å². The molecule has 5 rings (SSSR count). The van der Waals surface area contributed by atoms with Crippen LogP contribution < -0.4 is 15.5 Å². The van der Waals surface area contributed by atoms with Crippen LogP contribution in [-0.4, -0.2) is 59.7 Å². The molecule has 0 amide bonds. The molecule has 0 unspecified atom stereocenters. The van der Waals surface area contributed by atoms with Gasteiger partial charge in [-0.25, -0.2) is 18.4 Å². The van der Waals surface area contributed by atoms with Crippen LogP contribution in [-0.2, 0) is 10.0 Å². The lowest BCUT2D eigenvalue weighted by Gasteiger charge is -2.38. The molecule has 2 heterocycles. The van der Waals surface area contributed by atoms with Crippen molar-refractivity contribution in [3.05, 3.63) is 68.5 Å². The molecule has 15 heteroatoms. The highest BCUT2D eigenvalue weighted by molar-refractivity contribution is 7.89. The fraction of sp³-hybridized carbons (Fsp3) is 0.333. The van der Waals surface area contributed by atoms with E-state index in [4.69, 9.17) is 5.14 Å². The number of aromatic nitrogens is 1. The lowest BCUT2D eigenvalue weighted by Crippen LogP contribution is -2.49. The van der Waals surface area contributed by atoms with Crippen molar-refractivity contribution in [2.75, 3.05) is 24.5 Å². The van der Waals surface area contributed by atoms with Crippen LogP contribution in [0.25, 0.3) is 10.9 Å². The number of rotatable bonds is 7. The van der Waals surface area contributed by atoms with Crippen molar-refractivity contribution in [2.24, 2.45) is 15.5 Å². The fourth-order valence-electron chi connectivity index (χ4n) is 4.69. The summed E-state index contributed by atoms with van der Waals surface area (Å²) in [4.78, 5) is 37.8. The molecular formula is C24H25N7O7S. The number of carbonyl (C=O) groups is 1.